The van der Waals surface area contributed by atoms with E-state index in [1.807, 2.05) is 19.1 Å². The molecule has 4 heteroatoms. The van der Waals surface area contributed by atoms with Gasteiger partial charge >= 0.3 is 0 Å². The lowest BCUT2D eigenvalue weighted by atomic mass is 10.2. The average Bonchev–Trinajstić information content (AvgIpc) is 2.25. The molecule has 0 aromatic heterocycles. The van der Waals surface area contributed by atoms with Crippen LogP contribution >= 0.6 is 11.6 Å². The van der Waals surface area contributed by atoms with Gasteiger partial charge in [0.05, 0.1) is 0 Å². The van der Waals surface area contributed by atoms with E-state index in [0.29, 0.717) is 18.0 Å². The topological polar surface area (TPSA) is 55.1 Å². The van der Waals surface area contributed by atoms with Crippen molar-refractivity contribution in [2.45, 2.75) is 26.2 Å². The minimum absolute atomic E-state index is 0.0128. The van der Waals surface area contributed by atoms with Gasteiger partial charge in [0.1, 0.15) is 0 Å². The number of nitrogens with two attached hydrogens (primary N) is 1. The number of amides is 1. The molecule has 16 heavy (non-hydrogen) atoms. The summed E-state index contributed by atoms with van der Waals surface area (Å²) < 4.78 is 0. The Balaban J connectivity index is 2.53. The number of rotatable bonds is 5. The fourth-order valence-corrected chi connectivity index (χ4v) is 1.56. The summed E-state index contributed by atoms with van der Waals surface area (Å²) in [6, 6.07) is 5.48. The molecular formula is C12H17ClN2O. The van der Waals surface area contributed by atoms with Gasteiger partial charge in [-0.15, -0.1) is 0 Å². The smallest absolute Gasteiger partial charge is 0.224 e. The monoisotopic (exact) mass is 240 g/mol. The molecule has 0 spiro atoms. The molecule has 0 atom stereocenters. The normalized spacial score (nSPS) is 10.2. The van der Waals surface area contributed by atoms with Crippen molar-refractivity contribution in [3.63, 3.8) is 0 Å². The molecule has 1 amide bonds. The Bertz CT molecular complexity index is 366. The van der Waals surface area contributed by atoms with Crippen molar-refractivity contribution in [3.05, 3.63) is 28.8 Å². The predicted octanol–water partition coefficient (Wildman–Crippen LogP) is 2.72. The van der Waals surface area contributed by atoms with E-state index in [0.717, 1.165) is 24.1 Å². The Kier molecular flexibility index (Phi) is 5.29. The largest absolute Gasteiger partial charge is 0.330 e. The number of carbonyl (C=O) groups excluding carboxylic acids is 1. The molecule has 0 aliphatic heterocycles. The number of unbranched alkanes of at least 4 members (excludes halogenated alkanes) is 1. The second-order valence-corrected chi connectivity index (χ2v) is 4.11. The molecule has 0 aliphatic rings. The summed E-state index contributed by atoms with van der Waals surface area (Å²) in [5, 5.41) is 3.51. The number of benzene rings is 1. The van der Waals surface area contributed by atoms with E-state index in [2.05, 4.69) is 5.32 Å². The predicted molar refractivity (Wildman–Crippen MR) is 67.7 cm³/mol. The van der Waals surface area contributed by atoms with Gasteiger partial charge in [0.2, 0.25) is 5.91 Å². The maximum Gasteiger partial charge on any atom is 0.224 e. The second-order valence-electron chi connectivity index (χ2n) is 3.71. The standard InChI is InChI=1S/C12H17ClN2O/c1-9-10(13)5-4-6-11(9)15-12(16)7-2-3-8-14/h4-6H,2-3,7-8,14H2,1H3,(H,15,16). The van der Waals surface area contributed by atoms with Gasteiger partial charge in [-0.3, -0.25) is 4.79 Å². The first kappa shape index (κ1) is 13.0. The van der Waals surface area contributed by atoms with Gasteiger partial charge in [0, 0.05) is 17.1 Å². The van der Waals surface area contributed by atoms with Crippen LogP contribution in [0.25, 0.3) is 0 Å². The fraction of sp³-hybridized carbons (Fsp3) is 0.417. The molecule has 3 nitrogen and oxygen atoms in total. The first-order valence-corrected chi connectivity index (χ1v) is 5.78. The van der Waals surface area contributed by atoms with Crippen LogP contribution in [0.2, 0.25) is 5.02 Å². The van der Waals surface area contributed by atoms with E-state index >= 15 is 0 Å². The minimum Gasteiger partial charge on any atom is -0.330 e. The van der Waals surface area contributed by atoms with Gasteiger partial charge in [-0.25, -0.2) is 0 Å². The van der Waals surface area contributed by atoms with Crippen molar-refractivity contribution in [3.8, 4) is 0 Å². The molecule has 0 aliphatic carbocycles. The van der Waals surface area contributed by atoms with Gasteiger partial charge in [0.25, 0.3) is 0 Å². The maximum absolute atomic E-state index is 11.6. The molecule has 0 saturated heterocycles. The molecule has 0 fully saturated rings. The second kappa shape index (κ2) is 6.51. The zero-order valence-corrected chi connectivity index (χ0v) is 10.2. The van der Waals surface area contributed by atoms with Crippen LogP contribution in [0.5, 0.6) is 0 Å². The van der Waals surface area contributed by atoms with Crippen molar-refractivity contribution in [2.75, 3.05) is 11.9 Å². The highest BCUT2D eigenvalue weighted by atomic mass is 35.5. The van der Waals surface area contributed by atoms with E-state index < -0.39 is 0 Å². The third-order valence-corrected chi connectivity index (χ3v) is 2.81. The molecule has 0 bridgehead atoms. The van der Waals surface area contributed by atoms with Gasteiger partial charge in [-0.05, 0) is 44.0 Å². The Morgan fingerprint density at radius 3 is 2.88 bits per heavy atom. The Morgan fingerprint density at radius 1 is 1.44 bits per heavy atom. The van der Waals surface area contributed by atoms with Crippen molar-refractivity contribution >= 4 is 23.2 Å². The van der Waals surface area contributed by atoms with Crippen LogP contribution in [0.1, 0.15) is 24.8 Å². The van der Waals surface area contributed by atoms with Crippen LogP contribution in [0.4, 0.5) is 5.69 Å². The summed E-state index contributed by atoms with van der Waals surface area (Å²) in [7, 11) is 0. The van der Waals surface area contributed by atoms with Gasteiger partial charge < -0.3 is 11.1 Å². The van der Waals surface area contributed by atoms with Crippen LogP contribution in [-0.4, -0.2) is 12.5 Å². The lowest BCUT2D eigenvalue weighted by Gasteiger charge is -2.09. The molecule has 0 radical (unpaired) electrons. The van der Waals surface area contributed by atoms with Crippen LogP contribution < -0.4 is 11.1 Å². The third-order valence-electron chi connectivity index (χ3n) is 2.40. The van der Waals surface area contributed by atoms with Gasteiger partial charge in [-0.2, -0.15) is 0 Å². The molecular weight excluding hydrogens is 224 g/mol. The molecule has 0 heterocycles. The summed E-state index contributed by atoms with van der Waals surface area (Å²) in [5.74, 6) is 0.0128. The van der Waals surface area contributed by atoms with Crippen LogP contribution in [0.3, 0.4) is 0 Å². The van der Waals surface area contributed by atoms with E-state index in [4.69, 9.17) is 17.3 Å². The summed E-state index contributed by atoms with van der Waals surface area (Å²) in [5.41, 5.74) is 7.04. The molecule has 1 aromatic rings. The SMILES string of the molecule is Cc1c(Cl)cccc1NC(=O)CCCCN. The highest BCUT2D eigenvalue weighted by Crippen LogP contribution is 2.23. The van der Waals surface area contributed by atoms with Crippen LogP contribution in [0, 0.1) is 6.92 Å². The fourth-order valence-electron chi connectivity index (χ4n) is 1.39. The van der Waals surface area contributed by atoms with Crippen molar-refractivity contribution in [2.24, 2.45) is 5.73 Å². The first-order valence-electron chi connectivity index (χ1n) is 5.40. The minimum atomic E-state index is 0.0128. The maximum atomic E-state index is 11.6. The number of carbonyl (C=O) groups is 1. The number of halogens is 1. The Hall–Kier alpha value is -1.06. The molecule has 1 aromatic carbocycles. The average molecular weight is 241 g/mol. The number of anilines is 1. The Labute approximate surface area is 101 Å². The van der Waals surface area contributed by atoms with Crippen molar-refractivity contribution in [1.29, 1.82) is 0 Å². The zero-order valence-electron chi connectivity index (χ0n) is 9.42. The lowest BCUT2D eigenvalue weighted by molar-refractivity contribution is -0.116. The summed E-state index contributed by atoms with van der Waals surface area (Å²) in [6.07, 6.45) is 2.20. The molecule has 1 rings (SSSR count). The first-order chi connectivity index (χ1) is 7.65. The van der Waals surface area contributed by atoms with Crippen LogP contribution in [-0.2, 0) is 4.79 Å². The highest BCUT2D eigenvalue weighted by Gasteiger charge is 2.05. The highest BCUT2D eigenvalue weighted by molar-refractivity contribution is 6.31. The van der Waals surface area contributed by atoms with E-state index in [1.54, 1.807) is 6.07 Å². The van der Waals surface area contributed by atoms with Gasteiger partial charge in [0.15, 0.2) is 0 Å². The number of nitrogens with one attached hydrogen (secondary N) is 1. The van der Waals surface area contributed by atoms with E-state index in [-0.39, 0.29) is 5.91 Å². The summed E-state index contributed by atoms with van der Waals surface area (Å²) in [4.78, 5) is 11.6. The number of hydrogen-bond acceptors (Lipinski definition) is 2. The molecule has 3 N–H and O–H groups in total. The summed E-state index contributed by atoms with van der Waals surface area (Å²) in [6.45, 7) is 2.52. The van der Waals surface area contributed by atoms with Crippen molar-refractivity contribution < 1.29 is 4.79 Å². The van der Waals surface area contributed by atoms with E-state index in [1.165, 1.54) is 0 Å². The summed E-state index contributed by atoms with van der Waals surface area (Å²) >= 11 is 5.96. The van der Waals surface area contributed by atoms with Crippen molar-refractivity contribution in [1.82, 2.24) is 0 Å². The number of hydrogen-bond donors (Lipinski definition) is 2. The van der Waals surface area contributed by atoms with E-state index in [9.17, 15) is 4.79 Å². The molecule has 88 valence electrons. The quantitative estimate of drug-likeness (QED) is 0.778. The molecule has 0 saturated carbocycles. The molecule has 0 unspecified atom stereocenters. The zero-order chi connectivity index (χ0) is 12.0. The van der Waals surface area contributed by atoms with Gasteiger partial charge in [-0.1, -0.05) is 17.7 Å². The lowest BCUT2D eigenvalue weighted by Crippen LogP contribution is -2.12. The third kappa shape index (κ3) is 3.83. The Morgan fingerprint density at radius 2 is 2.19 bits per heavy atom. The van der Waals surface area contributed by atoms with Crippen LogP contribution in [0.15, 0.2) is 18.2 Å².